The summed E-state index contributed by atoms with van der Waals surface area (Å²) in [6.45, 7) is 21.5. The molecule has 20 rings (SSSR count). The molecule has 18 aromatic carbocycles. The molecule has 0 aliphatic heterocycles. The Morgan fingerprint density at radius 3 is 0.711 bits per heavy atom. The number of rotatable bonds is 21. The van der Waals surface area contributed by atoms with Crippen LogP contribution in [-0.2, 0) is 21.7 Å². The fourth-order valence-electron chi connectivity index (χ4n) is 19.1. The number of hydrogen-bond acceptors (Lipinski definition) is 4. The molecule has 2 aliphatic carbocycles. The van der Waals surface area contributed by atoms with E-state index < -0.39 is 10.8 Å². The molecule has 4 nitrogen and oxygen atoms in total. The van der Waals surface area contributed by atoms with Crippen molar-refractivity contribution in [2.45, 2.75) is 63.2 Å². The summed E-state index contributed by atoms with van der Waals surface area (Å²) >= 11 is 0. The average Bonchev–Trinajstić information content (AvgIpc) is 1.54. The normalized spacial score (nSPS) is 14.2. The van der Waals surface area contributed by atoms with Crippen molar-refractivity contribution >= 4 is 46.3 Å². The Balaban J connectivity index is 0.630. The first-order valence-electron chi connectivity index (χ1n) is 43.8. The smallest absolute Gasteiger partial charge is 0.127 e. The molecule has 128 heavy (non-hydrogen) atoms. The summed E-state index contributed by atoms with van der Waals surface area (Å²) in [4.78, 5) is 4.60. The lowest BCUT2D eigenvalue weighted by atomic mass is 9.67. The van der Waals surface area contributed by atoms with Gasteiger partial charge in [0.15, 0.2) is 0 Å². The number of benzene rings is 18. The highest BCUT2D eigenvalue weighted by atomic mass is 19.1. The lowest BCUT2D eigenvalue weighted by Gasteiger charge is -2.34. The predicted octanol–water partition coefficient (Wildman–Crippen LogP) is 33.4. The average molecular weight is 1660 g/mol. The second kappa shape index (κ2) is 33.2. The quantitative estimate of drug-likeness (QED) is 0.0716. The molecule has 2 aliphatic rings. The number of hydrogen-bond donors (Lipinski definition) is 0. The van der Waals surface area contributed by atoms with Crippen LogP contribution in [0.1, 0.15) is 108 Å². The van der Waals surface area contributed by atoms with E-state index in [1.54, 1.807) is 0 Å². The van der Waals surface area contributed by atoms with Gasteiger partial charge in [-0.15, -0.1) is 0 Å². The van der Waals surface area contributed by atoms with Gasteiger partial charge in [0.05, 0.1) is 10.8 Å². The van der Waals surface area contributed by atoms with Crippen LogP contribution in [0.5, 0.6) is 23.0 Å². The molecule has 0 saturated carbocycles. The number of nitrogens with zero attached hydrogens (tertiary/aromatic N) is 2. The Morgan fingerprint density at radius 2 is 0.453 bits per heavy atom. The number of anilines is 6. The highest BCUT2D eigenvalue weighted by molar-refractivity contribution is 5.92. The second-order valence-corrected chi connectivity index (χ2v) is 35.5. The largest absolute Gasteiger partial charge is 0.457 e. The summed E-state index contributed by atoms with van der Waals surface area (Å²) in [6, 6.07) is 150. The highest BCUT2D eigenvalue weighted by Gasteiger charge is 2.48. The van der Waals surface area contributed by atoms with Crippen molar-refractivity contribution in [2.24, 2.45) is 0 Å². The van der Waals surface area contributed by atoms with Crippen LogP contribution in [0.2, 0.25) is 0 Å². The molecule has 0 bridgehead atoms. The molecule has 0 N–H and O–H groups in total. The van der Waals surface area contributed by atoms with Gasteiger partial charge in [-0.1, -0.05) is 334 Å². The SMILES string of the molecule is C=Cc1ccc(Oc2ccc(C3(c4ccc(C(C)(C)C)cc4)c4ccccc4-c4ccc(-c5ccc(N(c6ccc(-c7ccc(F)cc7)cc6)c6ccc(-c7ccc(N(c8ccc(-c9ccc(F)cc9)cc8)c8ccc(-c9ccc%10c(c9)C(c9ccc(Oc%11ccc(C=C)cc%11)cc9)(c9ccc(C(C)(C)C)cc9)c9ccccc9-%10)cc8)cc7)cc6)cc5)cc43)cc2)cc1. The van der Waals surface area contributed by atoms with Gasteiger partial charge in [-0.25, -0.2) is 8.78 Å². The third-order valence-electron chi connectivity index (χ3n) is 25.8. The Kier molecular flexibility index (Phi) is 21.0. The second-order valence-electron chi connectivity index (χ2n) is 35.5. The van der Waals surface area contributed by atoms with Crippen LogP contribution in [0, 0.1) is 11.6 Å². The molecule has 0 heterocycles. The van der Waals surface area contributed by atoms with Crippen LogP contribution < -0.4 is 19.3 Å². The Labute approximate surface area is 749 Å². The fourth-order valence-corrected chi connectivity index (χ4v) is 19.1. The van der Waals surface area contributed by atoms with Crippen molar-refractivity contribution in [1.29, 1.82) is 0 Å². The van der Waals surface area contributed by atoms with Crippen molar-refractivity contribution in [3.63, 3.8) is 0 Å². The maximum atomic E-state index is 14.3. The van der Waals surface area contributed by atoms with Crippen LogP contribution >= 0.6 is 0 Å². The topological polar surface area (TPSA) is 24.9 Å². The number of halogens is 2. The van der Waals surface area contributed by atoms with E-state index in [0.717, 1.165) is 135 Å². The third kappa shape index (κ3) is 15.1. The van der Waals surface area contributed by atoms with E-state index in [2.05, 4.69) is 392 Å². The lowest BCUT2D eigenvalue weighted by Crippen LogP contribution is -2.29. The van der Waals surface area contributed by atoms with Crippen molar-refractivity contribution in [3.05, 3.63) is 516 Å². The van der Waals surface area contributed by atoms with E-state index in [1.165, 1.54) is 91.0 Å². The van der Waals surface area contributed by atoms with Gasteiger partial charge in [-0.2, -0.15) is 0 Å². The van der Waals surface area contributed by atoms with Crippen LogP contribution in [0.4, 0.5) is 42.9 Å². The third-order valence-corrected chi connectivity index (χ3v) is 25.8. The molecule has 0 spiro atoms. The molecular formula is C122H94F2N2O2. The Morgan fingerprint density at radius 1 is 0.234 bits per heavy atom. The van der Waals surface area contributed by atoms with E-state index >= 15 is 0 Å². The van der Waals surface area contributed by atoms with Gasteiger partial charge in [0.25, 0.3) is 0 Å². The molecule has 2 unspecified atom stereocenters. The summed E-state index contributed by atoms with van der Waals surface area (Å²) in [5.41, 5.74) is 33.8. The van der Waals surface area contributed by atoms with Crippen molar-refractivity contribution < 1.29 is 18.3 Å². The van der Waals surface area contributed by atoms with Crippen LogP contribution in [0.25, 0.3) is 90.0 Å². The molecule has 6 heteroatoms. The minimum atomic E-state index is -0.671. The zero-order chi connectivity index (χ0) is 87.4. The zero-order valence-corrected chi connectivity index (χ0v) is 72.5. The fraction of sp³-hybridized carbons (Fsp3) is 0.0820. The van der Waals surface area contributed by atoms with E-state index in [-0.39, 0.29) is 22.5 Å². The molecule has 0 amide bonds. The Bertz CT molecular complexity index is 6690. The minimum absolute atomic E-state index is 0.0374. The van der Waals surface area contributed by atoms with Gasteiger partial charge in [-0.3, -0.25) is 0 Å². The Hall–Kier alpha value is -15.5. The molecule has 618 valence electrons. The minimum Gasteiger partial charge on any atom is -0.457 e. The number of fused-ring (bicyclic) bond motifs is 6. The van der Waals surface area contributed by atoms with Crippen molar-refractivity contribution in [3.8, 4) is 101 Å². The molecule has 0 aromatic heterocycles. The highest BCUT2D eigenvalue weighted by Crippen LogP contribution is 2.60. The summed E-state index contributed by atoms with van der Waals surface area (Å²) in [6.07, 6.45) is 3.68. The van der Waals surface area contributed by atoms with Gasteiger partial charge in [0.2, 0.25) is 0 Å². The molecular weight excluding hydrogens is 1560 g/mol. The van der Waals surface area contributed by atoms with Crippen LogP contribution in [0.15, 0.2) is 438 Å². The monoisotopic (exact) mass is 1660 g/mol. The number of ether oxygens (including phenoxy) is 2. The van der Waals surface area contributed by atoms with Crippen molar-refractivity contribution in [1.82, 2.24) is 0 Å². The van der Waals surface area contributed by atoms with E-state index in [9.17, 15) is 8.78 Å². The maximum Gasteiger partial charge on any atom is 0.127 e. The molecule has 2 atom stereocenters. The van der Waals surface area contributed by atoms with Crippen LogP contribution in [-0.4, -0.2) is 0 Å². The van der Waals surface area contributed by atoms with Gasteiger partial charge < -0.3 is 19.3 Å². The van der Waals surface area contributed by atoms with Crippen LogP contribution in [0.3, 0.4) is 0 Å². The molecule has 0 saturated heterocycles. The summed E-state index contributed by atoms with van der Waals surface area (Å²) in [7, 11) is 0. The maximum absolute atomic E-state index is 14.3. The molecule has 0 fully saturated rings. The first-order valence-corrected chi connectivity index (χ1v) is 43.8. The van der Waals surface area contributed by atoms with Crippen molar-refractivity contribution in [2.75, 3.05) is 9.80 Å². The van der Waals surface area contributed by atoms with Gasteiger partial charge in [0.1, 0.15) is 34.6 Å². The van der Waals surface area contributed by atoms with Gasteiger partial charge in [0, 0.05) is 34.1 Å². The first kappa shape index (κ1) is 80.9. The van der Waals surface area contributed by atoms with E-state index in [0.29, 0.717) is 0 Å². The van der Waals surface area contributed by atoms with Gasteiger partial charge in [-0.05, 0) is 313 Å². The summed E-state index contributed by atoms with van der Waals surface area (Å²) < 4.78 is 41.6. The predicted molar refractivity (Wildman–Crippen MR) is 528 cm³/mol. The molecule has 0 radical (unpaired) electrons. The first-order chi connectivity index (χ1) is 62.3. The van der Waals surface area contributed by atoms with E-state index in [4.69, 9.17) is 9.47 Å². The van der Waals surface area contributed by atoms with E-state index in [1.807, 2.05) is 84.9 Å². The summed E-state index contributed by atoms with van der Waals surface area (Å²) in [5, 5.41) is 0. The zero-order valence-electron chi connectivity index (χ0n) is 72.5. The van der Waals surface area contributed by atoms with Gasteiger partial charge >= 0.3 is 0 Å². The standard InChI is InChI=1S/C122H94F2N2O2/c1-9-81-19-69-107(70-20-81)127-109-73-49-97(50-74-109)121(95-45-41-93(42-46-95)119(3,4)5)115-17-13-11-15-111(115)113-77-39-91(79-117(113)121)89-35-65-105(66-36-89)125(101-57-27-85(28-58-101)83-23-53-99(123)54-24-83)103-61-31-87(32-62-103)88-33-63-104(64-34-88)126(102-59-29-86(30-60-102)84-25-55-100(124)56-26-84)106-67-37-90(38-68-106)92-40-78-114-112-16-12-14-18-116(112)122(118(114)80-92,96-47-43-94(44-48-96)120(6,7)8)98-51-75-110(76-52-98)128-108-71-21-82(10-2)22-72-108/h9-80H,1-2H2,3-8H3. The molecule has 18 aromatic rings. The lowest BCUT2D eigenvalue weighted by molar-refractivity contribution is 0.482. The summed E-state index contributed by atoms with van der Waals surface area (Å²) in [5.74, 6) is 2.49.